The van der Waals surface area contributed by atoms with E-state index < -0.39 is 0 Å². The van der Waals surface area contributed by atoms with Crippen LogP contribution in [0.25, 0.3) is 0 Å². The summed E-state index contributed by atoms with van der Waals surface area (Å²) in [6.45, 7) is 4.72. The maximum atomic E-state index is 8.50. The highest BCUT2D eigenvalue weighted by Crippen LogP contribution is 2.07. The quantitative estimate of drug-likeness (QED) is 0.783. The van der Waals surface area contributed by atoms with Crippen LogP contribution >= 0.6 is 0 Å². The third kappa shape index (κ3) is 5.32. The molecule has 0 unspecified atom stereocenters. The third-order valence-electron chi connectivity index (χ3n) is 2.44. The van der Waals surface area contributed by atoms with E-state index in [9.17, 15) is 0 Å². The van der Waals surface area contributed by atoms with Crippen molar-refractivity contribution in [2.24, 2.45) is 0 Å². The van der Waals surface area contributed by atoms with Crippen LogP contribution in [0.5, 0.6) is 0 Å². The van der Waals surface area contributed by atoms with Crippen molar-refractivity contribution in [3.63, 3.8) is 0 Å². The van der Waals surface area contributed by atoms with Gasteiger partial charge in [-0.2, -0.15) is 5.26 Å². The van der Waals surface area contributed by atoms with E-state index in [0.717, 1.165) is 31.9 Å². The van der Waals surface area contributed by atoms with Gasteiger partial charge in [0.05, 0.1) is 6.07 Å². The van der Waals surface area contributed by atoms with Crippen LogP contribution in [0, 0.1) is 11.3 Å². The minimum atomic E-state index is 0.570. The van der Waals surface area contributed by atoms with E-state index in [0.29, 0.717) is 6.42 Å². The second-order valence-electron chi connectivity index (χ2n) is 4.12. The molecular formula is C13H20N4. The van der Waals surface area contributed by atoms with Gasteiger partial charge in [0.15, 0.2) is 0 Å². The summed E-state index contributed by atoms with van der Waals surface area (Å²) in [6, 6.07) is 6.23. The molecule has 0 atom stereocenters. The smallest absolute Gasteiger partial charge is 0.125 e. The fraction of sp³-hybridized carbons (Fsp3) is 0.538. The second-order valence-corrected chi connectivity index (χ2v) is 4.12. The van der Waals surface area contributed by atoms with Crippen LogP contribution in [0.4, 0.5) is 5.82 Å². The van der Waals surface area contributed by atoms with E-state index in [-0.39, 0.29) is 0 Å². The Morgan fingerprint density at radius 3 is 2.88 bits per heavy atom. The third-order valence-corrected chi connectivity index (χ3v) is 2.44. The highest BCUT2D eigenvalue weighted by Gasteiger charge is 2.00. The van der Waals surface area contributed by atoms with Gasteiger partial charge in [-0.1, -0.05) is 13.0 Å². The van der Waals surface area contributed by atoms with Crippen molar-refractivity contribution in [1.29, 1.82) is 5.26 Å². The van der Waals surface area contributed by atoms with Crippen molar-refractivity contribution >= 4 is 5.82 Å². The molecular weight excluding hydrogens is 212 g/mol. The first-order valence-electron chi connectivity index (χ1n) is 6.00. The van der Waals surface area contributed by atoms with E-state index in [2.05, 4.69) is 34.3 Å². The summed E-state index contributed by atoms with van der Waals surface area (Å²) in [5.41, 5.74) is 1.17. The van der Waals surface area contributed by atoms with Gasteiger partial charge >= 0.3 is 0 Å². The lowest BCUT2D eigenvalue weighted by atomic mass is 10.2. The van der Waals surface area contributed by atoms with E-state index in [1.54, 1.807) is 0 Å². The number of hydrogen-bond acceptors (Lipinski definition) is 4. The average Bonchev–Trinajstić information content (AvgIpc) is 2.35. The molecule has 1 aromatic rings. The van der Waals surface area contributed by atoms with Gasteiger partial charge in [-0.25, -0.2) is 4.98 Å². The van der Waals surface area contributed by atoms with Crippen LogP contribution in [-0.4, -0.2) is 30.0 Å². The molecule has 0 amide bonds. The normalized spacial score (nSPS) is 10.2. The number of nitrogens with zero attached hydrogens (tertiary/aromatic N) is 3. The van der Waals surface area contributed by atoms with Gasteiger partial charge in [0, 0.05) is 32.3 Å². The van der Waals surface area contributed by atoms with Crippen LogP contribution in [-0.2, 0) is 6.54 Å². The van der Waals surface area contributed by atoms with Crippen molar-refractivity contribution < 1.29 is 0 Å². The number of nitriles is 1. The molecule has 17 heavy (non-hydrogen) atoms. The summed E-state index contributed by atoms with van der Waals surface area (Å²) in [5.74, 6) is 0.926. The Hall–Kier alpha value is -1.60. The van der Waals surface area contributed by atoms with Gasteiger partial charge in [0.2, 0.25) is 0 Å². The molecule has 0 aliphatic heterocycles. The van der Waals surface area contributed by atoms with Gasteiger partial charge in [0.25, 0.3) is 0 Å². The topological polar surface area (TPSA) is 52.0 Å². The molecule has 0 fully saturated rings. The zero-order valence-electron chi connectivity index (χ0n) is 10.6. The highest BCUT2D eigenvalue weighted by molar-refractivity contribution is 5.35. The molecule has 1 rings (SSSR count). The number of pyridine rings is 1. The highest BCUT2D eigenvalue weighted by atomic mass is 15.1. The first kappa shape index (κ1) is 13.5. The number of nitrogens with one attached hydrogen (secondary N) is 1. The molecule has 4 heteroatoms. The summed E-state index contributed by atoms with van der Waals surface area (Å²) in [5, 5.41) is 11.7. The Labute approximate surface area is 103 Å². The Bertz CT molecular complexity index is 353. The molecule has 0 aliphatic rings. The standard InChI is InChI=1S/C13H20N4/c1-3-8-15-13-6-5-12(10-16-13)11-17(2)9-4-7-14/h5-6,10H,3-4,8-9,11H2,1-2H3,(H,15,16). The molecule has 1 N–H and O–H groups in total. The monoisotopic (exact) mass is 232 g/mol. The molecule has 0 aromatic carbocycles. The average molecular weight is 232 g/mol. The van der Waals surface area contributed by atoms with Crippen LogP contribution in [0.15, 0.2) is 18.3 Å². The Kier molecular flexibility index (Phi) is 6.05. The van der Waals surface area contributed by atoms with Crippen molar-refractivity contribution in [2.75, 3.05) is 25.5 Å². The van der Waals surface area contributed by atoms with Gasteiger partial charge < -0.3 is 10.2 Å². The summed E-state index contributed by atoms with van der Waals surface area (Å²) in [7, 11) is 2.01. The summed E-state index contributed by atoms with van der Waals surface area (Å²) in [6.07, 6.45) is 3.56. The molecule has 92 valence electrons. The first-order chi connectivity index (χ1) is 8.26. The minimum Gasteiger partial charge on any atom is -0.370 e. The van der Waals surface area contributed by atoms with Crippen molar-refractivity contribution in [3.05, 3.63) is 23.9 Å². The molecule has 0 aliphatic carbocycles. The van der Waals surface area contributed by atoms with E-state index >= 15 is 0 Å². The number of anilines is 1. The lowest BCUT2D eigenvalue weighted by Gasteiger charge is -2.14. The largest absolute Gasteiger partial charge is 0.370 e. The minimum absolute atomic E-state index is 0.570. The molecule has 0 spiro atoms. The van der Waals surface area contributed by atoms with Crippen molar-refractivity contribution in [3.8, 4) is 6.07 Å². The van der Waals surface area contributed by atoms with Crippen LogP contribution in [0.2, 0.25) is 0 Å². The summed E-state index contributed by atoms with van der Waals surface area (Å²) < 4.78 is 0. The van der Waals surface area contributed by atoms with Gasteiger partial charge in [0.1, 0.15) is 5.82 Å². The van der Waals surface area contributed by atoms with Gasteiger partial charge in [-0.15, -0.1) is 0 Å². The van der Waals surface area contributed by atoms with E-state index in [1.807, 2.05) is 19.3 Å². The van der Waals surface area contributed by atoms with Crippen LogP contribution < -0.4 is 5.32 Å². The Balaban J connectivity index is 2.42. The lowest BCUT2D eigenvalue weighted by Crippen LogP contribution is -2.18. The molecule has 4 nitrogen and oxygen atoms in total. The maximum absolute atomic E-state index is 8.50. The molecule has 0 saturated carbocycles. The zero-order valence-corrected chi connectivity index (χ0v) is 10.6. The summed E-state index contributed by atoms with van der Waals surface area (Å²) in [4.78, 5) is 6.47. The van der Waals surface area contributed by atoms with Gasteiger partial charge in [-0.05, 0) is 25.1 Å². The Morgan fingerprint density at radius 2 is 2.29 bits per heavy atom. The Morgan fingerprint density at radius 1 is 1.47 bits per heavy atom. The molecule has 1 aromatic heterocycles. The fourth-order valence-electron chi connectivity index (χ4n) is 1.51. The van der Waals surface area contributed by atoms with Crippen molar-refractivity contribution in [2.45, 2.75) is 26.3 Å². The summed E-state index contributed by atoms with van der Waals surface area (Å²) >= 11 is 0. The molecule has 0 bridgehead atoms. The second kappa shape index (κ2) is 7.64. The predicted octanol–water partition coefficient (Wildman–Crippen LogP) is 2.25. The predicted molar refractivity (Wildman–Crippen MR) is 69.6 cm³/mol. The van der Waals surface area contributed by atoms with Crippen LogP contribution in [0.3, 0.4) is 0 Å². The molecule has 0 saturated heterocycles. The lowest BCUT2D eigenvalue weighted by molar-refractivity contribution is 0.334. The van der Waals surface area contributed by atoms with Crippen molar-refractivity contribution in [1.82, 2.24) is 9.88 Å². The first-order valence-corrected chi connectivity index (χ1v) is 6.00. The van der Waals surface area contributed by atoms with Crippen LogP contribution in [0.1, 0.15) is 25.3 Å². The van der Waals surface area contributed by atoms with Gasteiger partial charge in [-0.3, -0.25) is 0 Å². The molecule has 0 radical (unpaired) electrons. The zero-order chi connectivity index (χ0) is 12.5. The number of aromatic nitrogens is 1. The fourth-order valence-corrected chi connectivity index (χ4v) is 1.51. The molecule has 1 heterocycles. The number of hydrogen-bond donors (Lipinski definition) is 1. The van der Waals surface area contributed by atoms with E-state index in [4.69, 9.17) is 5.26 Å². The maximum Gasteiger partial charge on any atom is 0.125 e. The number of rotatable bonds is 7. The van der Waals surface area contributed by atoms with E-state index in [1.165, 1.54) is 5.56 Å². The SMILES string of the molecule is CCCNc1ccc(CN(C)CCC#N)cn1.